The van der Waals surface area contributed by atoms with E-state index in [1.165, 1.54) is 12.1 Å². The van der Waals surface area contributed by atoms with Gasteiger partial charge in [-0.15, -0.1) is 0 Å². The first kappa shape index (κ1) is 17.6. The van der Waals surface area contributed by atoms with Crippen LogP contribution in [0.5, 0.6) is 0 Å². The Balaban J connectivity index is 1.45. The number of nitrogens with zero attached hydrogens (tertiary/aromatic N) is 5. The number of piperidine rings is 1. The van der Waals surface area contributed by atoms with Gasteiger partial charge in [0.25, 0.3) is 0 Å². The number of fused-ring (bicyclic) bond motifs is 2. The number of nitrogens with one attached hydrogen (secondary N) is 1. The highest BCUT2D eigenvalue weighted by atomic mass is 16.2. The third-order valence-corrected chi connectivity index (χ3v) is 6.92. The molecule has 1 amide bonds. The molecule has 148 valence electrons. The molecule has 2 aromatic rings. The molecule has 1 aliphatic carbocycles. The van der Waals surface area contributed by atoms with E-state index in [1.54, 1.807) is 6.33 Å². The largest absolute Gasteiger partial charge is 0.355 e. The van der Waals surface area contributed by atoms with Crippen molar-refractivity contribution in [1.29, 1.82) is 0 Å². The summed E-state index contributed by atoms with van der Waals surface area (Å²) in [7, 11) is 0. The lowest BCUT2D eigenvalue weighted by atomic mass is 9.76. The number of aromatic nitrogens is 4. The molecule has 7 nitrogen and oxygen atoms in total. The number of carbonyl (C=O) groups is 1. The van der Waals surface area contributed by atoms with E-state index in [4.69, 9.17) is 9.97 Å². The molecule has 0 unspecified atom stereocenters. The van der Waals surface area contributed by atoms with Gasteiger partial charge in [0, 0.05) is 43.9 Å². The van der Waals surface area contributed by atoms with Gasteiger partial charge in [0.05, 0.1) is 28.9 Å². The molecule has 3 aliphatic rings. The Bertz CT molecular complexity index is 894. The molecule has 0 atom stereocenters. The zero-order valence-corrected chi connectivity index (χ0v) is 16.7. The van der Waals surface area contributed by atoms with Crippen molar-refractivity contribution in [2.24, 2.45) is 5.92 Å². The first-order valence-electron chi connectivity index (χ1n) is 10.5. The fraction of sp³-hybridized carbons (Fsp3) is 0.619. The topological polar surface area (TPSA) is 78.0 Å². The number of amides is 1. The maximum absolute atomic E-state index is 13.3. The van der Waals surface area contributed by atoms with Crippen molar-refractivity contribution in [3.05, 3.63) is 35.3 Å². The summed E-state index contributed by atoms with van der Waals surface area (Å²) in [4.78, 5) is 35.0. The number of H-pyrrole nitrogens is 1. The minimum atomic E-state index is -0.276. The predicted octanol–water partition coefficient (Wildman–Crippen LogP) is 2.50. The SMILES string of the molecule is Cc1cnc(C)c(N2CCC3(CC2)c2nc[nH]c2CCN3C(=O)C2CCC2)n1. The molecule has 5 rings (SSSR count). The highest BCUT2D eigenvalue weighted by Crippen LogP contribution is 2.45. The van der Waals surface area contributed by atoms with E-state index >= 15 is 0 Å². The fourth-order valence-corrected chi connectivity index (χ4v) is 5.09. The van der Waals surface area contributed by atoms with E-state index in [0.29, 0.717) is 5.91 Å². The maximum Gasteiger partial charge on any atom is 0.226 e. The maximum atomic E-state index is 13.3. The highest BCUT2D eigenvalue weighted by Gasteiger charge is 2.50. The predicted molar refractivity (Wildman–Crippen MR) is 106 cm³/mol. The van der Waals surface area contributed by atoms with Gasteiger partial charge < -0.3 is 14.8 Å². The van der Waals surface area contributed by atoms with Crippen LogP contribution in [0.3, 0.4) is 0 Å². The minimum Gasteiger partial charge on any atom is -0.355 e. The van der Waals surface area contributed by atoms with Crippen LogP contribution in [0, 0.1) is 19.8 Å². The Hall–Kier alpha value is -2.44. The monoisotopic (exact) mass is 380 g/mol. The van der Waals surface area contributed by atoms with Gasteiger partial charge in [-0.1, -0.05) is 6.42 Å². The molecule has 1 saturated heterocycles. The second-order valence-corrected chi connectivity index (χ2v) is 8.54. The molecule has 2 aliphatic heterocycles. The Morgan fingerprint density at radius 3 is 2.68 bits per heavy atom. The molecule has 1 spiro atoms. The Morgan fingerprint density at radius 2 is 1.96 bits per heavy atom. The molecule has 28 heavy (non-hydrogen) atoms. The van der Waals surface area contributed by atoms with Crippen LogP contribution in [0.2, 0.25) is 0 Å². The van der Waals surface area contributed by atoms with Crippen molar-refractivity contribution >= 4 is 11.7 Å². The van der Waals surface area contributed by atoms with Crippen LogP contribution in [0.15, 0.2) is 12.5 Å². The van der Waals surface area contributed by atoms with E-state index in [-0.39, 0.29) is 11.5 Å². The highest BCUT2D eigenvalue weighted by molar-refractivity contribution is 5.81. The molecule has 0 aromatic carbocycles. The summed E-state index contributed by atoms with van der Waals surface area (Å²) < 4.78 is 0. The minimum absolute atomic E-state index is 0.222. The normalized spacial score (nSPS) is 21.5. The summed E-state index contributed by atoms with van der Waals surface area (Å²) in [6.45, 7) is 6.52. The van der Waals surface area contributed by atoms with Gasteiger partial charge in [-0.05, 0) is 39.5 Å². The summed E-state index contributed by atoms with van der Waals surface area (Å²) >= 11 is 0. The summed E-state index contributed by atoms with van der Waals surface area (Å²) in [5.74, 6) is 1.55. The Labute approximate surface area is 165 Å². The van der Waals surface area contributed by atoms with Crippen LogP contribution < -0.4 is 4.90 Å². The Morgan fingerprint density at radius 1 is 1.18 bits per heavy atom. The van der Waals surface area contributed by atoms with Crippen LogP contribution in [-0.4, -0.2) is 50.4 Å². The molecule has 4 heterocycles. The van der Waals surface area contributed by atoms with E-state index in [1.807, 2.05) is 20.0 Å². The molecule has 1 N–H and O–H groups in total. The number of rotatable bonds is 2. The molecule has 1 saturated carbocycles. The van der Waals surface area contributed by atoms with E-state index < -0.39 is 0 Å². The summed E-state index contributed by atoms with van der Waals surface area (Å²) in [5, 5.41) is 0. The van der Waals surface area contributed by atoms with E-state index in [0.717, 1.165) is 74.6 Å². The number of aryl methyl sites for hydroxylation is 2. The lowest BCUT2D eigenvalue weighted by molar-refractivity contribution is -0.147. The Kier molecular flexibility index (Phi) is 4.14. The van der Waals surface area contributed by atoms with Gasteiger partial charge in [0.15, 0.2) is 0 Å². The first-order valence-corrected chi connectivity index (χ1v) is 10.5. The number of hydrogen-bond donors (Lipinski definition) is 1. The summed E-state index contributed by atoms with van der Waals surface area (Å²) in [5.41, 5.74) is 3.93. The average molecular weight is 380 g/mol. The molecule has 2 fully saturated rings. The third-order valence-electron chi connectivity index (χ3n) is 6.92. The third kappa shape index (κ3) is 2.63. The fourth-order valence-electron chi connectivity index (χ4n) is 5.09. The second kappa shape index (κ2) is 6.57. The van der Waals surface area contributed by atoms with Crippen molar-refractivity contribution in [2.75, 3.05) is 24.5 Å². The number of anilines is 1. The van der Waals surface area contributed by atoms with E-state index in [9.17, 15) is 4.79 Å². The summed E-state index contributed by atoms with van der Waals surface area (Å²) in [6, 6.07) is 0. The number of imidazole rings is 1. The lowest BCUT2D eigenvalue weighted by Crippen LogP contribution is -2.60. The molecular formula is C21H28N6O. The van der Waals surface area contributed by atoms with Crippen molar-refractivity contribution in [1.82, 2.24) is 24.8 Å². The van der Waals surface area contributed by atoms with Crippen molar-refractivity contribution < 1.29 is 4.79 Å². The zero-order chi connectivity index (χ0) is 19.3. The second-order valence-electron chi connectivity index (χ2n) is 8.54. The molecule has 2 aromatic heterocycles. The van der Waals surface area contributed by atoms with Gasteiger partial charge in [0.1, 0.15) is 5.82 Å². The van der Waals surface area contributed by atoms with Crippen LogP contribution in [0.25, 0.3) is 0 Å². The van der Waals surface area contributed by atoms with Crippen LogP contribution in [0.1, 0.15) is 54.9 Å². The van der Waals surface area contributed by atoms with E-state index in [2.05, 4.69) is 19.8 Å². The number of hydrogen-bond acceptors (Lipinski definition) is 5. The molecule has 0 bridgehead atoms. The quantitative estimate of drug-likeness (QED) is 0.866. The summed E-state index contributed by atoms with van der Waals surface area (Å²) in [6.07, 6.45) is 9.54. The average Bonchev–Trinajstić information content (AvgIpc) is 3.13. The molecule has 0 radical (unpaired) electrons. The number of carbonyl (C=O) groups excluding carboxylic acids is 1. The van der Waals surface area contributed by atoms with Crippen LogP contribution in [0.4, 0.5) is 5.82 Å². The zero-order valence-electron chi connectivity index (χ0n) is 16.7. The standard InChI is InChI=1S/C21H28N6O/c1-14-12-22-15(2)19(25-14)26-10-7-21(8-11-26)18-17(23-13-24-18)6-9-27(21)20(28)16-4-3-5-16/h12-13,16H,3-11H2,1-2H3,(H,23,24). The van der Waals surface area contributed by atoms with Crippen molar-refractivity contribution in [3.8, 4) is 0 Å². The molecular weight excluding hydrogens is 352 g/mol. The van der Waals surface area contributed by atoms with Gasteiger partial charge in [-0.2, -0.15) is 0 Å². The van der Waals surface area contributed by atoms with Crippen LogP contribution >= 0.6 is 0 Å². The first-order chi connectivity index (χ1) is 13.6. The van der Waals surface area contributed by atoms with Gasteiger partial charge >= 0.3 is 0 Å². The smallest absolute Gasteiger partial charge is 0.226 e. The van der Waals surface area contributed by atoms with Crippen molar-refractivity contribution in [2.45, 2.75) is 57.9 Å². The van der Waals surface area contributed by atoms with Gasteiger partial charge in [-0.3, -0.25) is 9.78 Å². The number of aromatic amines is 1. The molecule has 7 heteroatoms. The van der Waals surface area contributed by atoms with Crippen molar-refractivity contribution in [3.63, 3.8) is 0 Å². The van der Waals surface area contributed by atoms with Gasteiger partial charge in [-0.25, -0.2) is 9.97 Å². The van der Waals surface area contributed by atoms with Crippen LogP contribution in [-0.2, 0) is 16.8 Å². The lowest BCUT2D eigenvalue weighted by Gasteiger charge is -2.52. The van der Waals surface area contributed by atoms with Gasteiger partial charge in [0.2, 0.25) is 5.91 Å².